The molecule has 1 N–H and O–H groups in total. The maximum atomic E-state index is 4.19. The third-order valence-corrected chi connectivity index (χ3v) is 3.57. The Labute approximate surface area is 109 Å². The van der Waals surface area contributed by atoms with Crippen LogP contribution in [0.15, 0.2) is 30.7 Å². The zero-order chi connectivity index (χ0) is 13.1. The lowest BCUT2D eigenvalue weighted by atomic mass is 9.99. The molecule has 2 aromatic rings. The maximum absolute atomic E-state index is 4.19. The number of benzene rings is 1. The van der Waals surface area contributed by atoms with Gasteiger partial charge in [0, 0.05) is 13.2 Å². The van der Waals surface area contributed by atoms with E-state index >= 15 is 0 Å². The Balaban J connectivity index is 2.20. The first kappa shape index (κ1) is 12.8. The molecule has 1 unspecified atom stereocenters. The van der Waals surface area contributed by atoms with Crippen molar-refractivity contribution in [3.63, 3.8) is 0 Å². The molecule has 0 amide bonds. The van der Waals surface area contributed by atoms with Crippen LogP contribution >= 0.6 is 0 Å². The van der Waals surface area contributed by atoms with E-state index in [0.717, 1.165) is 6.42 Å². The molecule has 0 saturated carbocycles. The molecular formula is C15H21N3. The van der Waals surface area contributed by atoms with Crippen LogP contribution in [0.1, 0.15) is 28.4 Å². The zero-order valence-electron chi connectivity index (χ0n) is 11.6. The number of nitrogens with zero attached hydrogens (tertiary/aromatic N) is 2. The van der Waals surface area contributed by atoms with Crippen LogP contribution in [-0.2, 0) is 13.5 Å². The summed E-state index contributed by atoms with van der Waals surface area (Å²) in [7, 11) is 4.03. The van der Waals surface area contributed by atoms with E-state index < -0.39 is 0 Å². The second kappa shape index (κ2) is 5.36. The molecule has 1 atom stereocenters. The Hall–Kier alpha value is -1.61. The molecule has 1 heterocycles. The molecule has 0 spiro atoms. The van der Waals surface area contributed by atoms with E-state index in [1.165, 1.54) is 22.4 Å². The summed E-state index contributed by atoms with van der Waals surface area (Å²) in [6.07, 6.45) is 4.76. The summed E-state index contributed by atoms with van der Waals surface area (Å²) < 4.78 is 2.07. The van der Waals surface area contributed by atoms with Crippen molar-refractivity contribution >= 4 is 0 Å². The summed E-state index contributed by atoms with van der Waals surface area (Å²) >= 11 is 0. The lowest BCUT2D eigenvalue weighted by Gasteiger charge is -2.17. The average molecular weight is 243 g/mol. The maximum Gasteiger partial charge on any atom is 0.0946 e. The largest absolute Gasteiger partial charge is 0.336 e. The van der Waals surface area contributed by atoms with Gasteiger partial charge in [-0.1, -0.05) is 18.2 Å². The van der Waals surface area contributed by atoms with E-state index in [1.807, 2.05) is 26.6 Å². The van der Waals surface area contributed by atoms with Crippen molar-refractivity contribution in [1.29, 1.82) is 0 Å². The van der Waals surface area contributed by atoms with Gasteiger partial charge in [-0.25, -0.2) is 4.98 Å². The van der Waals surface area contributed by atoms with E-state index in [1.54, 1.807) is 0 Å². The molecule has 0 saturated heterocycles. The third kappa shape index (κ3) is 2.62. The number of imidazole rings is 1. The van der Waals surface area contributed by atoms with E-state index in [2.05, 4.69) is 46.9 Å². The highest BCUT2D eigenvalue weighted by molar-refractivity contribution is 5.31. The van der Waals surface area contributed by atoms with Gasteiger partial charge in [-0.2, -0.15) is 0 Å². The summed E-state index contributed by atoms with van der Waals surface area (Å²) in [5.41, 5.74) is 5.28. The van der Waals surface area contributed by atoms with Crippen LogP contribution in [0.2, 0.25) is 0 Å². The van der Waals surface area contributed by atoms with Crippen LogP contribution in [-0.4, -0.2) is 16.6 Å². The molecule has 1 aromatic heterocycles. The van der Waals surface area contributed by atoms with E-state index in [0.29, 0.717) is 6.04 Å². The van der Waals surface area contributed by atoms with Crippen LogP contribution < -0.4 is 5.32 Å². The summed E-state index contributed by atoms with van der Waals surface area (Å²) in [4.78, 5) is 4.19. The minimum atomic E-state index is 0.305. The lowest BCUT2D eigenvalue weighted by Crippen LogP contribution is -2.21. The highest BCUT2D eigenvalue weighted by atomic mass is 15.1. The quantitative estimate of drug-likeness (QED) is 0.894. The van der Waals surface area contributed by atoms with E-state index in [9.17, 15) is 0 Å². The van der Waals surface area contributed by atoms with Crippen molar-refractivity contribution in [2.75, 3.05) is 7.05 Å². The molecule has 1 aromatic carbocycles. The molecular weight excluding hydrogens is 222 g/mol. The Bertz CT molecular complexity index is 528. The predicted molar refractivity (Wildman–Crippen MR) is 74.6 cm³/mol. The number of aryl methyl sites for hydroxylation is 3. The van der Waals surface area contributed by atoms with Gasteiger partial charge in [-0.05, 0) is 44.0 Å². The summed E-state index contributed by atoms with van der Waals surface area (Å²) in [6, 6.07) is 6.99. The number of aromatic nitrogens is 2. The van der Waals surface area contributed by atoms with Crippen molar-refractivity contribution in [2.24, 2.45) is 7.05 Å². The standard InChI is InChI=1S/C15H21N3/c1-11-5-6-13(7-12(11)2)8-14(16-3)15-9-17-10-18(15)4/h5-7,9-10,14,16H,8H2,1-4H3. The number of likely N-dealkylation sites (N-methyl/N-ethyl adjacent to an activating group) is 1. The molecule has 0 aliphatic heterocycles. The molecule has 3 nitrogen and oxygen atoms in total. The van der Waals surface area contributed by atoms with Crippen molar-refractivity contribution in [2.45, 2.75) is 26.3 Å². The summed E-state index contributed by atoms with van der Waals surface area (Å²) in [5.74, 6) is 0. The zero-order valence-corrected chi connectivity index (χ0v) is 11.6. The summed E-state index contributed by atoms with van der Waals surface area (Å²) in [6.45, 7) is 4.31. The highest BCUT2D eigenvalue weighted by Gasteiger charge is 2.13. The second-order valence-corrected chi connectivity index (χ2v) is 4.89. The van der Waals surface area contributed by atoms with Gasteiger partial charge in [-0.15, -0.1) is 0 Å². The topological polar surface area (TPSA) is 29.9 Å². The van der Waals surface area contributed by atoms with Crippen molar-refractivity contribution in [3.8, 4) is 0 Å². The normalized spacial score (nSPS) is 12.7. The number of rotatable bonds is 4. The van der Waals surface area contributed by atoms with Crippen molar-refractivity contribution in [3.05, 3.63) is 53.1 Å². The third-order valence-electron chi connectivity index (χ3n) is 3.57. The first-order valence-electron chi connectivity index (χ1n) is 6.31. The predicted octanol–water partition coefficient (Wildman–Crippen LogP) is 2.54. The fraction of sp³-hybridized carbons (Fsp3) is 0.400. The van der Waals surface area contributed by atoms with Crippen LogP contribution in [0.4, 0.5) is 0 Å². The highest BCUT2D eigenvalue weighted by Crippen LogP contribution is 2.19. The SMILES string of the molecule is CNC(Cc1ccc(C)c(C)c1)c1cncn1C. The number of hydrogen-bond donors (Lipinski definition) is 1. The fourth-order valence-electron chi connectivity index (χ4n) is 2.22. The second-order valence-electron chi connectivity index (χ2n) is 4.89. The molecule has 0 fully saturated rings. The molecule has 96 valence electrons. The van der Waals surface area contributed by atoms with Crippen LogP contribution in [0.25, 0.3) is 0 Å². The molecule has 18 heavy (non-hydrogen) atoms. The molecule has 0 aliphatic rings. The monoisotopic (exact) mass is 243 g/mol. The first-order valence-corrected chi connectivity index (χ1v) is 6.31. The van der Waals surface area contributed by atoms with Crippen LogP contribution in [0, 0.1) is 13.8 Å². The van der Waals surface area contributed by atoms with Gasteiger partial charge in [-0.3, -0.25) is 0 Å². The minimum absolute atomic E-state index is 0.305. The Morgan fingerprint density at radius 3 is 2.61 bits per heavy atom. The van der Waals surface area contributed by atoms with E-state index in [-0.39, 0.29) is 0 Å². The Morgan fingerprint density at radius 1 is 1.28 bits per heavy atom. The fourth-order valence-corrected chi connectivity index (χ4v) is 2.22. The van der Waals surface area contributed by atoms with Gasteiger partial charge >= 0.3 is 0 Å². The Morgan fingerprint density at radius 2 is 2.06 bits per heavy atom. The molecule has 0 radical (unpaired) electrons. The molecule has 2 rings (SSSR count). The van der Waals surface area contributed by atoms with Gasteiger partial charge in [0.05, 0.1) is 18.1 Å². The number of nitrogens with one attached hydrogen (secondary N) is 1. The average Bonchev–Trinajstić information content (AvgIpc) is 2.77. The van der Waals surface area contributed by atoms with Gasteiger partial charge < -0.3 is 9.88 Å². The van der Waals surface area contributed by atoms with Gasteiger partial charge in [0.1, 0.15) is 0 Å². The van der Waals surface area contributed by atoms with Crippen molar-refractivity contribution in [1.82, 2.24) is 14.9 Å². The van der Waals surface area contributed by atoms with Gasteiger partial charge in [0.2, 0.25) is 0 Å². The van der Waals surface area contributed by atoms with Crippen molar-refractivity contribution < 1.29 is 0 Å². The summed E-state index contributed by atoms with van der Waals surface area (Å²) in [5, 5.41) is 3.37. The van der Waals surface area contributed by atoms with Crippen LogP contribution in [0.5, 0.6) is 0 Å². The molecule has 0 bridgehead atoms. The minimum Gasteiger partial charge on any atom is -0.336 e. The smallest absolute Gasteiger partial charge is 0.0946 e. The lowest BCUT2D eigenvalue weighted by molar-refractivity contribution is 0.555. The number of hydrogen-bond acceptors (Lipinski definition) is 2. The van der Waals surface area contributed by atoms with Gasteiger partial charge in [0.25, 0.3) is 0 Å². The van der Waals surface area contributed by atoms with Crippen LogP contribution in [0.3, 0.4) is 0 Å². The molecule has 3 heteroatoms. The Kier molecular flexibility index (Phi) is 3.82. The first-order chi connectivity index (χ1) is 8.61. The van der Waals surface area contributed by atoms with E-state index in [4.69, 9.17) is 0 Å². The molecule has 0 aliphatic carbocycles. The van der Waals surface area contributed by atoms with Gasteiger partial charge in [0.15, 0.2) is 0 Å².